The Balaban J connectivity index is 2.01. The Hall–Kier alpha value is -1.83. The number of aliphatic hydroxyl groups excluding tert-OH is 1. The van der Waals surface area contributed by atoms with Gasteiger partial charge >= 0.3 is 6.18 Å². The van der Waals surface area contributed by atoms with Gasteiger partial charge in [0.05, 0.1) is 0 Å². The van der Waals surface area contributed by atoms with Crippen LogP contribution in [0.2, 0.25) is 0 Å². The molecule has 0 aliphatic rings. The molecule has 0 saturated carbocycles. The van der Waals surface area contributed by atoms with Crippen molar-refractivity contribution in [3.63, 3.8) is 0 Å². The number of aromatic nitrogens is 4. The van der Waals surface area contributed by atoms with Gasteiger partial charge in [-0.3, -0.25) is 4.68 Å². The molecule has 0 saturated heterocycles. The van der Waals surface area contributed by atoms with Gasteiger partial charge in [-0.05, 0) is 26.2 Å². The number of rotatable bonds is 7. The maximum absolute atomic E-state index is 12.9. The summed E-state index contributed by atoms with van der Waals surface area (Å²) >= 11 is 0. The van der Waals surface area contributed by atoms with Gasteiger partial charge in [-0.2, -0.15) is 18.3 Å². The van der Waals surface area contributed by atoms with E-state index in [1.807, 2.05) is 17.7 Å². The van der Waals surface area contributed by atoms with Crippen molar-refractivity contribution in [2.45, 2.75) is 45.5 Å². The van der Waals surface area contributed by atoms with Gasteiger partial charge in [0.25, 0.3) is 0 Å². The van der Waals surface area contributed by atoms with Gasteiger partial charge in [-0.1, -0.05) is 0 Å². The lowest BCUT2D eigenvalue weighted by Crippen LogP contribution is -2.11. The van der Waals surface area contributed by atoms with Gasteiger partial charge in [0.1, 0.15) is 5.82 Å². The summed E-state index contributed by atoms with van der Waals surface area (Å²) in [5, 5.41) is 12.4. The third kappa shape index (κ3) is 4.09. The summed E-state index contributed by atoms with van der Waals surface area (Å²) in [5.41, 5.74) is -0.708. The van der Waals surface area contributed by atoms with Crippen molar-refractivity contribution in [1.82, 2.24) is 19.3 Å². The van der Waals surface area contributed by atoms with E-state index in [4.69, 9.17) is 5.11 Å². The molecule has 0 radical (unpaired) electrons. The zero-order valence-electron chi connectivity index (χ0n) is 12.3. The van der Waals surface area contributed by atoms with Crippen molar-refractivity contribution in [2.75, 3.05) is 6.61 Å². The summed E-state index contributed by atoms with van der Waals surface area (Å²) in [6.45, 7) is 2.82. The summed E-state index contributed by atoms with van der Waals surface area (Å²) in [6.07, 6.45) is 1.63. The quantitative estimate of drug-likeness (QED) is 0.853. The monoisotopic (exact) mass is 316 g/mol. The van der Waals surface area contributed by atoms with Gasteiger partial charge in [0, 0.05) is 43.9 Å². The van der Waals surface area contributed by atoms with E-state index >= 15 is 0 Å². The Morgan fingerprint density at radius 2 is 2.00 bits per heavy atom. The lowest BCUT2D eigenvalue weighted by atomic mass is 10.1. The zero-order valence-corrected chi connectivity index (χ0v) is 12.3. The highest BCUT2D eigenvalue weighted by Gasteiger charge is 2.36. The van der Waals surface area contributed by atoms with Crippen LogP contribution in [0, 0.1) is 6.92 Å². The summed E-state index contributed by atoms with van der Waals surface area (Å²) in [4.78, 5) is 4.09. The standard InChI is InChI=1S/C14H19F3N4O/c1-11-18-5-8-20(11)6-3-7-21-10-12(4-2-9-22)13(19-21)14(15,16)17/h5,8,10,22H,2-4,6-7,9H2,1H3. The van der Waals surface area contributed by atoms with Gasteiger partial charge in [-0.15, -0.1) is 0 Å². The molecule has 0 aliphatic carbocycles. The Bertz CT molecular complexity index is 603. The van der Waals surface area contributed by atoms with Crippen LogP contribution < -0.4 is 0 Å². The van der Waals surface area contributed by atoms with Crippen LogP contribution in [0.3, 0.4) is 0 Å². The smallest absolute Gasteiger partial charge is 0.396 e. The molecule has 0 amide bonds. The first-order valence-electron chi connectivity index (χ1n) is 7.14. The Morgan fingerprint density at radius 1 is 1.23 bits per heavy atom. The molecule has 0 bridgehead atoms. The number of nitrogens with zero attached hydrogens (tertiary/aromatic N) is 4. The van der Waals surface area contributed by atoms with Crippen LogP contribution >= 0.6 is 0 Å². The van der Waals surface area contributed by atoms with E-state index in [1.165, 1.54) is 10.9 Å². The third-order valence-corrected chi connectivity index (χ3v) is 3.42. The summed E-state index contributed by atoms with van der Waals surface area (Å²) in [7, 11) is 0. The van der Waals surface area contributed by atoms with Crippen LogP contribution in [-0.2, 0) is 25.7 Å². The van der Waals surface area contributed by atoms with E-state index in [2.05, 4.69) is 10.1 Å². The van der Waals surface area contributed by atoms with Crippen molar-refractivity contribution in [3.8, 4) is 0 Å². The highest BCUT2D eigenvalue weighted by molar-refractivity contribution is 5.20. The van der Waals surface area contributed by atoms with Gasteiger partial charge in [-0.25, -0.2) is 4.98 Å². The molecule has 5 nitrogen and oxygen atoms in total. The molecular weight excluding hydrogens is 297 g/mol. The molecule has 122 valence electrons. The minimum atomic E-state index is -4.46. The SMILES string of the molecule is Cc1nccn1CCCn1cc(CCCO)c(C(F)(F)F)n1. The molecule has 0 unspecified atom stereocenters. The van der Waals surface area contributed by atoms with Crippen LogP contribution in [0.1, 0.15) is 29.9 Å². The molecule has 22 heavy (non-hydrogen) atoms. The Morgan fingerprint density at radius 3 is 2.59 bits per heavy atom. The lowest BCUT2D eigenvalue weighted by Gasteiger charge is -2.06. The molecule has 8 heteroatoms. The van der Waals surface area contributed by atoms with Crippen molar-refractivity contribution in [1.29, 1.82) is 0 Å². The molecule has 1 N–H and O–H groups in total. The van der Waals surface area contributed by atoms with Crippen molar-refractivity contribution >= 4 is 0 Å². The normalized spacial score (nSPS) is 12.0. The third-order valence-electron chi connectivity index (χ3n) is 3.42. The first-order valence-corrected chi connectivity index (χ1v) is 7.14. The number of halogens is 3. The minimum Gasteiger partial charge on any atom is -0.396 e. The topological polar surface area (TPSA) is 55.9 Å². The largest absolute Gasteiger partial charge is 0.435 e. The second kappa shape index (κ2) is 6.95. The highest BCUT2D eigenvalue weighted by Crippen LogP contribution is 2.31. The van der Waals surface area contributed by atoms with Crippen LogP contribution in [-0.4, -0.2) is 31.0 Å². The summed E-state index contributed by atoms with van der Waals surface area (Å²) in [5.74, 6) is 0.875. The molecule has 0 atom stereocenters. The summed E-state index contributed by atoms with van der Waals surface area (Å²) in [6, 6.07) is 0. The fourth-order valence-electron chi connectivity index (χ4n) is 2.31. The van der Waals surface area contributed by atoms with E-state index < -0.39 is 11.9 Å². The number of aryl methyl sites for hydroxylation is 4. The van der Waals surface area contributed by atoms with Gasteiger partial charge < -0.3 is 9.67 Å². The Kier molecular flexibility index (Phi) is 5.23. The fourth-order valence-corrected chi connectivity index (χ4v) is 2.31. The molecule has 0 spiro atoms. The van der Waals surface area contributed by atoms with E-state index in [-0.39, 0.29) is 18.6 Å². The summed E-state index contributed by atoms with van der Waals surface area (Å²) < 4.78 is 42.1. The number of hydrogen-bond acceptors (Lipinski definition) is 3. The minimum absolute atomic E-state index is 0.137. The molecule has 0 aromatic carbocycles. The average Bonchev–Trinajstić information content (AvgIpc) is 3.03. The van der Waals surface area contributed by atoms with E-state index in [1.54, 1.807) is 6.20 Å². The average molecular weight is 316 g/mol. The van der Waals surface area contributed by atoms with Gasteiger partial charge in [0.15, 0.2) is 5.69 Å². The maximum atomic E-state index is 12.9. The molecular formula is C14H19F3N4O. The van der Waals surface area contributed by atoms with Crippen LogP contribution in [0.5, 0.6) is 0 Å². The van der Waals surface area contributed by atoms with Crippen molar-refractivity contribution in [3.05, 3.63) is 35.7 Å². The zero-order chi connectivity index (χ0) is 16.2. The maximum Gasteiger partial charge on any atom is 0.435 e. The predicted molar refractivity (Wildman–Crippen MR) is 74.2 cm³/mol. The van der Waals surface area contributed by atoms with E-state index in [0.29, 0.717) is 25.9 Å². The second-order valence-corrected chi connectivity index (χ2v) is 5.11. The number of hydrogen-bond donors (Lipinski definition) is 1. The highest BCUT2D eigenvalue weighted by atomic mass is 19.4. The molecule has 0 fully saturated rings. The second-order valence-electron chi connectivity index (χ2n) is 5.11. The van der Waals surface area contributed by atoms with Crippen LogP contribution in [0.15, 0.2) is 18.6 Å². The first kappa shape index (κ1) is 16.5. The number of imidazole rings is 1. The van der Waals surface area contributed by atoms with E-state index in [0.717, 1.165) is 5.82 Å². The fraction of sp³-hybridized carbons (Fsp3) is 0.571. The Labute approximate surface area is 126 Å². The van der Waals surface area contributed by atoms with Gasteiger partial charge in [0.2, 0.25) is 0 Å². The lowest BCUT2D eigenvalue weighted by molar-refractivity contribution is -0.142. The molecule has 0 aliphatic heterocycles. The first-order chi connectivity index (χ1) is 10.4. The number of aliphatic hydroxyl groups is 1. The molecule has 2 rings (SSSR count). The molecule has 2 aromatic heterocycles. The molecule has 2 heterocycles. The molecule has 2 aromatic rings. The van der Waals surface area contributed by atoms with E-state index in [9.17, 15) is 13.2 Å². The van der Waals surface area contributed by atoms with Crippen LogP contribution in [0.4, 0.5) is 13.2 Å². The van der Waals surface area contributed by atoms with Crippen LogP contribution in [0.25, 0.3) is 0 Å². The van der Waals surface area contributed by atoms with Crippen molar-refractivity contribution < 1.29 is 18.3 Å². The number of alkyl halides is 3. The predicted octanol–water partition coefficient (Wildman–Crippen LogP) is 2.42. The van der Waals surface area contributed by atoms with Crippen molar-refractivity contribution in [2.24, 2.45) is 0 Å².